The van der Waals surface area contributed by atoms with E-state index in [9.17, 15) is 13.2 Å². The molecule has 0 saturated heterocycles. The summed E-state index contributed by atoms with van der Waals surface area (Å²) in [6, 6.07) is 6.30. The van der Waals surface area contributed by atoms with Gasteiger partial charge in [-0.05, 0) is 37.3 Å². The number of carbonyl (C=O) groups excluding carboxylic acids is 1. The van der Waals surface area contributed by atoms with Crippen molar-refractivity contribution in [2.75, 3.05) is 0 Å². The minimum atomic E-state index is -3.50. The number of benzene rings is 1. The van der Waals surface area contributed by atoms with Crippen LogP contribution in [0.5, 0.6) is 0 Å². The van der Waals surface area contributed by atoms with Gasteiger partial charge in [0.05, 0.1) is 4.90 Å². The lowest BCUT2D eigenvalue weighted by Gasteiger charge is -2.06. The highest BCUT2D eigenvalue weighted by Gasteiger charge is 2.11. The van der Waals surface area contributed by atoms with Crippen LogP contribution in [0.2, 0.25) is 0 Å². The van der Waals surface area contributed by atoms with E-state index >= 15 is 0 Å². The molecule has 98 valence electrons. The van der Waals surface area contributed by atoms with E-state index in [-0.39, 0.29) is 4.90 Å². The van der Waals surface area contributed by atoms with Crippen LogP contribution < -0.4 is 0 Å². The summed E-state index contributed by atoms with van der Waals surface area (Å²) < 4.78 is 29.4. The van der Waals surface area contributed by atoms with E-state index < -0.39 is 21.9 Å². The van der Waals surface area contributed by atoms with Crippen LogP contribution in [0.4, 0.5) is 0 Å². The maximum Gasteiger partial charge on any atom is 0.303 e. The summed E-state index contributed by atoms with van der Waals surface area (Å²) in [6.45, 7) is 2.86. The lowest BCUT2D eigenvalue weighted by molar-refractivity contribution is -0.143. The van der Waals surface area contributed by atoms with Gasteiger partial charge in [0.1, 0.15) is 6.10 Å². The van der Waals surface area contributed by atoms with E-state index in [1.54, 1.807) is 19.1 Å². The Morgan fingerprint density at radius 2 is 1.89 bits per heavy atom. The second kappa shape index (κ2) is 6.15. The molecule has 1 aromatic rings. The van der Waals surface area contributed by atoms with Crippen LogP contribution in [0.15, 0.2) is 45.1 Å². The van der Waals surface area contributed by atoms with Crippen LogP contribution in [0, 0.1) is 0 Å². The molecule has 1 aromatic carbocycles. The summed E-state index contributed by atoms with van der Waals surface area (Å²) in [4.78, 5) is 10.9. The molecule has 0 amide bonds. The Labute approximate surface area is 115 Å². The molecular formula is C12H13BrO4S. The van der Waals surface area contributed by atoms with Crippen LogP contribution in [0.25, 0.3) is 0 Å². The molecule has 0 aliphatic carbocycles. The monoisotopic (exact) mass is 332 g/mol. The van der Waals surface area contributed by atoms with Crippen molar-refractivity contribution in [3.8, 4) is 0 Å². The van der Waals surface area contributed by atoms with Crippen LogP contribution in [0.1, 0.15) is 13.8 Å². The smallest absolute Gasteiger partial charge is 0.303 e. The van der Waals surface area contributed by atoms with Crippen molar-refractivity contribution in [2.45, 2.75) is 24.8 Å². The molecule has 0 radical (unpaired) electrons. The van der Waals surface area contributed by atoms with Crippen molar-refractivity contribution in [1.82, 2.24) is 0 Å². The Hall–Kier alpha value is -1.14. The van der Waals surface area contributed by atoms with E-state index in [2.05, 4.69) is 15.9 Å². The van der Waals surface area contributed by atoms with E-state index in [0.717, 1.165) is 9.88 Å². The first-order valence-corrected chi connectivity index (χ1v) is 7.51. The highest BCUT2D eigenvalue weighted by Crippen LogP contribution is 2.16. The first-order chi connectivity index (χ1) is 8.31. The first kappa shape index (κ1) is 14.9. The van der Waals surface area contributed by atoms with Gasteiger partial charge >= 0.3 is 5.97 Å². The van der Waals surface area contributed by atoms with E-state index in [4.69, 9.17) is 4.74 Å². The van der Waals surface area contributed by atoms with Crippen LogP contribution in [0.3, 0.4) is 0 Å². The summed E-state index contributed by atoms with van der Waals surface area (Å²) in [6.07, 6.45) is 0.756. The molecule has 0 spiro atoms. The molecule has 0 aliphatic rings. The third-order valence-electron chi connectivity index (χ3n) is 2.02. The molecule has 0 heterocycles. The summed E-state index contributed by atoms with van der Waals surface area (Å²) >= 11 is 3.23. The number of hydrogen-bond acceptors (Lipinski definition) is 4. The maximum atomic E-state index is 11.9. The number of esters is 1. The minimum absolute atomic E-state index is 0.192. The molecule has 1 rings (SSSR count). The largest absolute Gasteiger partial charge is 0.459 e. The molecule has 0 bridgehead atoms. The third-order valence-corrected chi connectivity index (χ3v) is 4.00. The van der Waals surface area contributed by atoms with Gasteiger partial charge in [-0.2, -0.15) is 0 Å². The van der Waals surface area contributed by atoms with Crippen LogP contribution in [-0.4, -0.2) is 20.5 Å². The molecule has 0 N–H and O–H groups in total. The number of hydrogen-bond donors (Lipinski definition) is 0. The minimum Gasteiger partial charge on any atom is -0.459 e. The van der Waals surface area contributed by atoms with Crippen LogP contribution >= 0.6 is 15.9 Å². The lowest BCUT2D eigenvalue weighted by atomic mass is 10.4. The summed E-state index contributed by atoms with van der Waals surface area (Å²) in [5, 5.41) is 1.05. The second-order valence-electron chi connectivity index (χ2n) is 3.64. The molecule has 1 atom stereocenters. The van der Waals surface area contributed by atoms with Crippen molar-refractivity contribution < 1.29 is 17.9 Å². The zero-order valence-electron chi connectivity index (χ0n) is 9.96. The molecule has 0 aromatic heterocycles. The number of rotatable bonds is 4. The zero-order chi connectivity index (χ0) is 13.8. The molecular weight excluding hydrogens is 320 g/mol. The van der Waals surface area contributed by atoms with E-state index in [1.165, 1.54) is 25.1 Å². The SMILES string of the molecule is CC(=O)O[C@@H](C)/C=C\S(=O)(=O)c1ccc(Br)cc1. The van der Waals surface area contributed by atoms with Crippen LogP contribution in [-0.2, 0) is 19.4 Å². The van der Waals surface area contributed by atoms with Gasteiger partial charge in [-0.15, -0.1) is 0 Å². The van der Waals surface area contributed by atoms with Gasteiger partial charge in [-0.25, -0.2) is 8.42 Å². The highest BCUT2D eigenvalue weighted by molar-refractivity contribution is 9.10. The van der Waals surface area contributed by atoms with Gasteiger partial charge < -0.3 is 4.74 Å². The zero-order valence-corrected chi connectivity index (χ0v) is 12.4. The number of halogens is 1. The Kier molecular flexibility index (Phi) is 5.10. The van der Waals surface area contributed by atoms with Crippen molar-refractivity contribution in [2.24, 2.45) is 0 Å². The average molecular weight is 333 g/mol. The Morgan fingerprint density at radius 1 is 1.33 bits per heavy atom. The molecule has 6 heteroatoms. The predicted octanol–water partition coefficient (Wildman–Crippen LogP) is 2.69. The van der Waals surface area contributed by atoms with Gasteiger partial charge in [0, 0.05) is 16.8 Å². The van der Waals surface area contributed by atoms with Gasteiger partial charge in [-0.3, -0.25) is 4.79 Å². The van der Waals surface area contributed by atoms with Gasteiger partial charge in [0.25, 0.3) is 0 Å². The summed E-state index contributed by atoms with van der Waals surface area (Å²) in [7, 11) is -3.50. The first-order valence-electron chi connectivity index (χ1n) is 5.17. The summed E-state index contributed by atoms with van der Waals surface area (Å²) in [5.74, 6) is -0.451. The van der Waals surface area contributed by atoms with Gasteiger partial charge in [0.2, 0.25) is 0 Å². The standard InChI is InChI=1S/C12H13BrO4S/c1-9(17-10(2)14)7-8-18(15,16)12-5-3-11(13)4-6-12/h3-9H,1-2H3/b8-7-/t9-/m0/s1. The molecule has 0 fully saturated rings. The lowest BCUT2D eigenvalue weighted by Crippen LogP contribution is -2.09. The Balaban J connectivity index is 2.85. The van der Waals surface area contributed by atoms with Crippen molar-refractivity contribution in [3.63, 3.8) is 0 Å². The predicted molar refractivity (Wildman–Crippen MR) is 71.7 cm³/mol. The average Bonchev–Trinajstić information content (AvgIpc) is 2.26. The third kappa shape index (κ3) is 4.62. The number of ether oxygens (including phenoxy) is 1. The van der Waals surface area contributed by atoms with Gasteiger partial charge in [0.15, 0.2) is 9.84 Å². The fourth-order valence-electron chi connectivity index (χ4n) is 1.22. The summed E-state index contributed by atoms with van der Waals surface area (Å²) in [5.41, 5.74) is 0. The highest BCUT2D eigenvalue weighted by atomic mass is 79.9. The Bertz CT molecular complexity index is 546. The van der Waals surface area contributed by atoms with Gasteiger partial charge in [-0.1, -0.05) is 15.9 Å². The quantitative estimate of drug-likeness (QED) is 0.795. The molecule has 0 saturated carbocycles. The second-order valence-corrected chi connectivity index (χ2v) is 6.39. The number of sulfone groups is 1. The van der Waals surface area contributed by atoms with Crippen molar-refractivity contribution in [1.29, 1.82) is 0 Å². The fourth-order valence-corrected chi connectivity index (χ4v) is 2.58. The molecule has 0 unspecified atom stereocenters. The molecule has 0 aliphatic heterocycles. The van der Waals surface area contributed by atoms with E-state index in [0.29, 0.717) is 0 Å². The Morgan fingerprint density at radius 3 is 2.39 bits per heavy atom. The van der Waals surface area contributed by atoms with Crippen molar-refractivity contribution in [3.05, 3.63) is 40.2 Å². The maximum absolute atomic E-state index is 11.9. The number of carbonyl (C=O) groups is 1. The molecule has 18 heavy (non-hydrogen) atoms. The topological polar surface area (TPSA) is 60.4 Å². The normalized spacial score (nSPS) is 13.5. The van der Waals surface area contributed by atoms with Crippen molar-refractivity contribution >= 4 is 31.7 Å². The van der Waals surface area contributed by atoms with E-state index in [1.807, 2.05) is 0 Å². The molecule has 4 nitrogen and oxygen atoms in total. The fraction of sp³-hybridized carbons (Fsp3) is 0.250.